The highest BCUT2D eigenvalue weighted by molar-refractivity contribution is 5.80. The van der Waals surface area contributed by atoms with Crippen LogP contribution in [-0.2, 0) is 16.0 Å². The largest absolute Gasteiger partial charge is 0.469 e. The molecular formula is C16H23NO2. The van der Waals surface area contributed by atoms with Gasteiger partial charge in [0, 0.05) is 13.1 Å². The van der Waals surface area contributed by atoms with Crippen molar-refractivity contribution in [2.45, 2.75) is 26.2 Å². The normalized spacial score (nSPS) is 16.4. The van der Waals surface area contributed by atoms with Gasteiger partial charge in [-0.3, -0.25) is 4.79 Å². The Labute approximate surface area is 115 Å². The third-order valence-electron chi connectivity index (χ3n) is 3.95. The minimum absolute atomic E-state index is 0.0466. The molecule has 0 bridgehead atoms. The van der Waals surface area contributed by atoms with E-state index in [2.05, 4.69) is 43.1 Å². The van der Waals surface area contributed by atoms with E-state index >= 15 is 0 Å². The van der Waals surface area contributed by atoms with Crippen LogP contribution in [0.1, 0.15) is 24.0 Å². The van der Waals surface area contributed by atoms with Gasteiger partial charge in [-0.05, 0) is 38.8 Å². The Kier molecular flexibility index (Phi) is 4.25. The van der Waals surface area contributed by atoms with E-state index in [1.54, 1.807) is 0 Å². The van der Waals surface area contributed by atoms with Crippen molar-refractivity contribution in [3.63, 3.8) is 0 Å². The lowest BCUT2D eigenvalue weighted by atomic mass is 10.1. The maximum absolute atomic E-state index is 11.7. The number of methoxy groups -OCH3 is 1. The van der Waals surface area contributed by atoms with Gasteiger partial charge in [0.25, 0.3) is 0 Å². The molecule has 1 aliphatic carbocycles. The van der Waals surface area contributed by atoms with Crippen molar-refractivity contribution in [1.29, 1.82) is 0 Å². The first-order valence-corrected chi connectivity index (χ1v) is 6.88. The Bertz CT molecular complexity index is 435. The smallest absolute Gasteiger partial charge is 0.313 e. The van der Waals surface area contributed by atoms with Crippen molar-refractivity contribution in [2.24, 2.45) is 5.41 Å². The van der Waals surface area contributed by atoms with Gasteiger partial charge in [0.1, 0.15) is 0 Å². The van der Waals surface area contributed by atoms with Gasteiger partial charge in [-0.25, -0.2) is 0 Å². The number of benzene rings is 1. The summed E-state index contributed by atoms with van der Waals surface area (Å²) in [5.41, 5.74) is 2.43. The number of hydrogen-bond donors (Lipinski definition) is 0. The van der Waals surface area contributed by atoms with Gasteiger partial charge in [-0.15, -0.1) is 0 Å². The second-order valence-corrected chi connectivity index (χ2v) is 5.75. The molecule has 1 fully saturated rings. The third kappa shape index (κ3) is 3.57. The summed E-state index contributed by atoms with van der Waals surface area (Å²) in [7, 11) is 3.56. The molecule has 0 heterocycles. The summed E-state index contributed by atoms with van der Waals surface area (Å²) in [6.07, 6.45) is 2.96. The Morgan fingerprint density at radius 2 is 1.95 bits per heavy atom. The zero-order chi connectivity index (χ0) is 13.9. The quantitative estimate of drug-likeness (QED) is 0.737. The van der Waals surface area contributed by atoms with Crippen molar-refractivity contribution < 1.29 is 9.53 Å². The van der Waals surface area contributed by atoms with Crippen LogP contribution in [0.5, 0.6) is 0 Å². The summed E-state index contributed by atoms with van der Waals surface area (Å²) in [5, 5.41) is 0. The van der Waals surface area contributed by atoms with Gasteiger partial charge in [0.2, 0.25) is 0 Å². The second kappa shape index (κ2) is 5.74. The van der Waals surface area contributed by atoms with Crippen LogP contribution in [0, 0.1) is 12.3 Å². The highest BCUT2D eigenvalue weighted by atomic mass is 16.5. The number of hydrogen-bond acceptors (Lipinski definition) is 3. The van der Waals surface area contributed by atoms with Crippen LogP contribution in [0.15, 0.2) is 24.3 Å². The van der Waals surface area contributed by atoms with E-state index in [1.807, 2.05) is 0 Å². The molecule has 0 atom stereocenters. The van der Waals surface area contributed by atoms with Crippen LogP contribution in [0.4, 0.5) is 0 Å². The standard InChI is InChI=1S/C16H23NO2/c1-13-4-6-14(7-5-13)8-11-17(2)12-16(9-10-16)15(18)19-3/h4-7H,8-12H2,1-3H3. The van der Waals surface area contributed by atoms with Crippen molar-refractivity contribution in [3.8, 4) is 0 Å². The number of carbonyl (C=O) groups is 1. The van der Waals surface area contributed by atoms with E-state index in [0.29, 0.717) is 0 Å². The van der Waals surface area contributed by atoms with Crippen molar-refractivity contribution in [3.05, 3.63) is 35.4 Å². The van der Waals surface area contributed by atoms with E-state index in [1.165, 1.54) is 18.2 Å². The Morgan fingerprint density at radius 1 is 1.32 bits per heavy atom. The minimum Gasteiger partial charge on any atom is -0.469 e. The summed E-state index contributed by atoms with van der Waals surface area (Å²) in [6.45, 7) is 3.89. The lowest BCUT2D eigenvalue weighted by Crippen LogP contribution is -2.33. The Balaban J connectivity index is 1.80. The molecule has 1 aromatic rings. The molecule has 2 rings (SSSR count). The molecule has 3 heteroatoms. The van der Waals surface area contributed by atoms with Crippen LogP contribution in [0.25, 0.3) is 0 Å². The average molecular weight is 261 g/mol. The molecule has 0 radical (unpaired) electrons. The molecular weight excluding hydrogens is 238 g/mol. The number of nitrogens with zero attached hydrogens (tertiary/aromatic N) is 1. The van der Waals surface area contributed by atoms with Gasteiger partial charge in [-0.2, -0.15) is 0 Å². The molecule has 3 nitrogen and oxygen atoms in total. The SMILES string of the molecule is COC(=O)C1(CN(C)CCc2ccc(C)cc2)CC1. The molecule has 1 saturated carbocycles. The fraction of sp³-hybridized carbons (Fsp3) is 0.562. The van der Waals surface area contributed by atoms with E-state index in [4.69, 9.17) is 4.74 Å². The lowest BCUT2D eigenvalue weighted by molar-refractivity contribution is -0.147. The van der Waals surface area contributed by atoms with Crippen LogP contribution in [-0.4, -0.2) is 38.1 Å². The molecule has 0 N–H and O–H groups in total. The summed E-state index contributed by atoms with van der Waals surface area (Å²) in [4.78, 5) is 13.9. The molecule has 0 saturated heterocycles. The van der Waals surface area contributed by atoms with Gasteiger partial charge in [0.05, 0.1) is 12.5 Å². The fourth-order valence-electron chi connectivity index (χ4n) is 2.46. The number of aryl methyl sites for hydroxylation is 1. The third-order valence-corrected chi connectivity index (χ3v) is 3.95. The van der Waals surface area contributed by atoms with Gasteiger partial charge >= 0.3 is 5.97 Å². The first kappa shape index (κ1) is 14.1. The molecule has 104 valence electrons. The zero-order valence-corrected chi connectivity index (χ0v) is 12.1. The highest BCUT2D eigenvalue weighted by Crippen LogP contribution is 2.47. The fourth-order valence-corrected chi connectivity index (χ4v) is 2.46. The number of carbonyl (C=O) groups excluding carboxylic acids is 1. The summed E-state index contributed by atoms with van der Waals surface area (Å²) < 4.78 is 4.89. The predicted molar refractivity (Wildman–Crippen MR) is 76.1 cm³/mol. The maximum atomic E-state index is 11.7. The minimum atomic E-state index is -0.212. The Morgan fingerprint density at radius 3 is 2.47 bits per heavy atom. The second-order valence-electron chi connectivity index (χ2n) is 5.75. The molecule has 0 aliphatic heterocycles. The van der Waals surface area contributed by atoms with E-state index < -0.39 is 0 Å². The average Bonchev–Trinajstić information content (AvgIpc) is 3.18. The van der Waals surface area contributed by atoms with Crippen molar-refractivity contribution in [1.82, 2.24) is 4.90 Å². The summed E-state index contributed by atoms with van der Waals surface area (Å²) in [6, 6.07) is 8.64. The Hall–Kier alpha value is -1.35. The molecule has 1 aliphatic rings. The number of ether oxygens (including phenoxy) is 1. The first-order chi connectivity index (χ1) is 9.05. The lowest BCUT2D eigenvalue weighted by Gasteiger charge is -2.22. The van der Waals surface area contributed by atoms with Gasteiger partial charge < -0.3 is 9.64 Å². The monoisotopic (exact) mass is 261 g/mol. The van der Waals surface area contributed by atoms with E-state index in [9.17, 15) is 4.79 Å². The molecule has 1 aromatic carbocycles. The van der Waals surface area contributed by atoms with Crippen LogP contribution < -0.4 is 0 Å². The zero-order valence-electron chi connectivity index (χ0n) is 12.1. The van der Waals surface area contributed by atoms with Crippen molar-refractivity contribution >= 4 is 5.97 Å². The summed E-state index contributed by atoms with van der Waals surface area (Å²) in [5.74, 6) is -0.0466. The van der Waals surface area contributed by atoms with E-state index in [-0.39, 0.29) is 11.4 Å². The highest BCUT2D eigenvalue weighted by Gasteiger charge is 2.51. The molecule has 0 amide bonds. The van der Waals surface area contributed by atoms with Crippen LogP contribution in [0.2, 0.25) is 0 Å². The summed E-state index contributed by atoms with van der Waals surface area (Å²) >= 11 is 0. The van der Waals surface area contributed by atoms with Gasteiger partial charge in [-0.1, -0.05) is 29.8 Å². The predicted octanol–water partition coefficient (Wildman–Crippen LogP) is 2.42. The van der Waals surface area contributed by atoms with Crippen LogP contribution >= 0.6 is 0 Å². The topological polar surface area (TPSA) is 29.5 Å². The number of rotatable bonds is 6. The van der Waals surface area contributed by atoms with Gasteiger partial charge in [0.15, 0.2) is 0 Å². The molecule has 0 spiro atoms. The molecule has 0 unspecified atom stereocenters. The number of likely N-dealkylation sites (N-methyl/N-ethyl adjacent to an activating group) is 1. The molecule has 19 heavy (non-hydrogen) atoms. The number of esters is 1. The van der Waals surface area contributed by atoms with E-state index in [0.717, 1.165) is 32.4 Å². The first-order valence-electron chi connectivity index (χ1n) is 6.88. The van der Waals surface area contributed by atoms with Crippen molar-refractivity contribution in [2.75, 3.05) is 27.2 Å². The molecule has 0 aromatic heterocycles. The maximum Gasteiger partial charge on any atom is 0.313 e. The van der Waals surface area contributed by atoms with Crippen LogP contribution in [0.3, 0.4) is 0 Å².